The van der Waals surface area contributed by atoms with Gasteiger partial charge in [0.05, 0.1) is 6.61 Å². The van der Waals surface area contributed by atoms with E-state index in [2.05, 4.69) is 43.1 Å². The highest BCUT2D eigenvalue weighted by molar-refractivity contribution is 6.17. The fourth-order valence-electron chi connectivity index (χ4n) is 3.23. The highest BCUT2D eigenvalue weighted by Gasteiger charge is 2.38. The van der Waals surface area contributed by atoms with Crippen LogP contribution in [0.15, 0.2) is 30.3 Å². The number of hydrogen-bond donors (Lipinski definition) is 0. The minimum Gasteiger partial charge on any atom is -0.449 e. The van der Waals surface area contributed by atoms with Crippen molar-refractivity contribution < 1.29 is 9.53 Å². The molecule has 1 amide bonds. The second kappa shape index (κ2) is 9.14. The van der Waals surface area contributed by atoms with Crippen molar-refractivity contribution in [2.45, 2.75) is 31.7 Å². The van der Waals surface area contributed by atoms with Crippen LogP contribution in [0.2, 0.25) is 0 Å². The smallest absolute Gasteiger partial charge is 0.409 e. The zero-order valence-corrected chi connectivity index (χ0v) is 14.8. The number of likely N-dealkylation sites (N-methyl/N-ethyl adjacent to an activating group) is 1. The molecule has 2 unspecified atom stereocenters. The van der Waals surface area contributed by atoms with E-state index in [4.69, 9.17) is 16.3 Å². The average molecular weight is 339 g/mol. The van der Waals surface area contributed by atoms with E-state index in [1.807, 2.05) is 11.0 Å². The second-order valence-electron chi connectivity index (χ2n) is 6.13. The van der Waals surface area contributed by atoms with Crippen molar-refractivity contribution in [3.63, 3.8) is 0 Å². The molecule has 1 heterocycles. The van der Waals surface area contributed by atoms with E-state index < -0.39 is 0 Å². The number of carbonyl (C=O) groups excluding carboxylic acids is 1. The maximum atomic E-state index is 12.3. The van der Waals surface area contributed by atoms with Gasteiger partial charge in [-0.05, 0) is 32.0 Å². The van der Waals surface area contributed by atoms with E-state index >= 15 is 0 Å². The molecule has 2 rings (SSSR count). The van der Waals surface area contributed by atoms with Crippen LogP contribution in [0, 0.1) is 0 Å². The Balaban J connectivity index is 2.07. The molecule has 0 N–H and O–H groups in total. The van der Waals surface area contributed by atoms with Crippen LogP contribution in [0.1, 0.15) is 31.2 Å². The Bertz CT molecular complexity index is 483. The lowest BCUT2D eigenvalue weighted by Crippen LogP contribution is -2.38. The Labute approximate surface area is 144 Å². The van der Waals surface area contributed by atoms with Crippen LogP contribution >= 0.6 is 11.6 Å². The van der Waals surface area contributed by atoms with Crippen LogP contribution in [0.5, 0.6) is 0 Å². The van der Waals surface area contributed by atoms with E-state index in [0.717, 1.165) is 19.5 Å². The summed E-state index contributed by atoms with van der Waals surface area (Å²) in [5, 5.41) is 0. The molecule has 2 atom stereocenters. The Morgan fingerprint density at radius 3 is 2.74 bits per heavy atom. The molecular weight excluding hydrogens is 312 g/mol. The van der Waals surface area contributed by atoms with Crippen LogP contribution in [-0.2, 0) is 4.74 Å². The molecule has 1 aromatic carbocycles. The van der Waals surface area contributed by atoms with Crippen molar-refractivity contribution in [1.29, 1.82) is 0 Å². The molecule has 0 aromatic heterocycles. The van der Waals surface area contributed by atoms with Crippen LogP contribution in [0.4, 0.5) is 4.79 Å². The summed E-state index contributed by atoms with van der Waals surface area (Å²) in [4.78, 5) is 16.5. The first-order valence-corrected chi connectivity index (χ1v) is 8.93. The SMILES string of the molecule is CCCN(C)C1CN(C(=O)OCCCCl)CC1c1ccccc1. The number of halogens is 1. The van der Waals surface area contributed by atoms with Gasteiger partial charge in [0.2, 0.25) is 0 Å². The van der Waals surface area contributed by atoms with E-state index in [-0.39, 0.29) is 6.09 Å². The minimum atomic E-state index is -0.219. The number of ether oxygens (including phenoxy) is 1. The van der Waals surface area contributed by atoms with Crippen LogP contribution in [0.25, 0.3) is 0 Å². The Morgan fingerprint density at radius 2 is 2.09 bits per heavy atom. The van der Waals surface area contributed by atoms with E-state index in [0.29, 0.717) is 37.4 Å². The summed E-state index contributed by atoms with van der Waals surface area (Å²) in [5.41, 5.74) is 1.29. The third kappa shape index (κ3) is 4.85. The molecule has 23 heavy (non-hydrogen) atoms. The Hall–Kier alpha value is -1.26. The van der Waals surface area contributed by atoms with Gasteiger partial charge in [-0.15, -0.1) is 11.6 Å². The predicted molar refractivity (Wildman–Crippen MR) is 94.2 cm³/mol. The quantitative estimate of drug-likeness (QED) is 0.563. The molecule has 1 aliphatic rings. The van der Waals surface area contributed by atoms with Crippen LogP contribution in [-0.4, -0.2) is 61.1 Å². The first-order valence-electron chi connectivity index (χ1n) is 8.40. The monoisotopic (exact) mass is 338 g/mol. The van der Waals surface area contributed by atoms with Crippen molar-refractivity contribution in [1.82, 2.24) is 9.80 Å². The van der Waals surface area contributed by atoms with Gasteiger partial charge in [0.1, 0.15) is 0 Å². The van der Waals surface area contributed by atoms with Crippen molar-refractivity contribution in [3.8, 4) is 0 Å². The molecule has 0 aliphatic carbocycles. The van der Waals surface area contributed by atoms with Gasteiger partial charge in [-0.25, -0.2) is 4.79 Å². The summed E-state index contributed by atoms with van der Waals surface area (Å²) < 4.78 is 5.32. The number of rotatable bonds is 7. The summed E-state index contributed by atoms with van der Waals surface area (Å²) in [7, 11) is 2.15. The predicted octanol–water partition coefficient (Wildman–Crippen LogP) is 3.56. The molecule has 0 saturated carbocycles. The number of alkyl halides is 1. The van der Waals surface area contributed by atoms with Gasteiger partial charge in [-0.1, -0.05) is 37.3 Å². The first-order chi connectivity index (χ1) is 11.2. The number of carbonyl (C=O) groups is 1. The fraction of sp³-hybridized carbons (Fsp3) is 0.611. The fourth-order valence-corrected chi connectivity index (χ4v) is 3.34. The topological polar surface area (TPSA) is 32.8 Å². The number of nitrogens with zero attached hydrogens (tertiary/aromatic N) is 2. The second-order valence-corrected chi connectivity index (χ2v) is 6.50. The third-order valence-electron chi connectivity index (χ3n) is 4.42. The Morgan fingerprint density at radius 1 is 1.35 bits per heavy atom. The minimum absolute atomic E-state index is 0.219. The van der Waals surface area contributed by atoms with Gasteiger partial charge < -0.3 is 14.5 Å². The van der Waals surface area contributed by atoms with Crippen molar-refractivity contribution >= 4 is 17.7 Å². The molecule has 0 spiro atoms. The summed E-state index contributed by atoms with van der Waals surface area (Å²) in [6, 6.07) is 10.8. The van der Waals surface area contributed by atoms with E-state index in [1.54, 1.807) is 0 Å². The molecule has 128 valence electrons. The standard InChI is InChI=1S/C18H27ClN2O2/c1-3-11-20(2)17-14-21(18(22)23-12-7-10-19)13-16(17)15-8-5-4-6-9-15/h4-6,8-9,16-17H,3,7,10-14H2,1-2H3. The van der Waals surface area contributed by atoms with Gasteiger partial charge >= 0.3 is 6.09 Å². The van der Waals surface area contributed by atoms with Gasteiger partial charge in [0, 0.05) is 30.9 Å². The summed E-state index contributed by atoms with van der Waals surface area (Å²) in [6.07, 6.45) is 1.58. The summed E-state index contributed by atoms with van der Waals surface area (Å²) in [6.45, 7) is 5.03. The van der Waals surface area contributed by atoms with Crippen LogP contribution < -0.4 is 0 Å². The van der Waals surface area contributed by atoms with Gasteiger partial charge in [-0.3, -0.25) is 0 Å². The molecule has 5 heteroatoms. The lowest BCUT2D eigenvalue weighted by atomic mass is 9.93. The number of benzene rings is 1. The molecule has 1 saturated heterocycles. The molecule has 1 aliphatic heterocycles. The summed E-state index contributed by atoms with van der Waals surface area (Å²) >= 11 is 5.64. The molecule has 0 radical (unpaired) electrons. The first kappa shape index (κ1) is 18.1. The Kier molecular flexibility index (Phi) is 7.18. The number of likely N-dealkylation sites (tertiary alicyclic amines) is 1. The highest BCUT2D eigenvalue weighted by Crippen LogP contribution is 2.31. The average Bonchev–Trinajstić information content (AvgIpc) is 3.01. The number of hydrogen-bond acceptors (Lipinski definition) is 3. The molecular formula is C18H27ClN2O2. The lowest BCUT2D eigenvalue weighted by Gasteiger charge is -2.28. The van der Waals surface area contributed by atoms with Crippen molar-refractivity contribution in [2.24, 2.45) is 0 Å². The van der Waals surface area contributed by atoms with Gasteiger partial charge in [-0.2, -0.15) is 0 Å². The van der Waals surface area contributed by atoms with Gasteiger partial charge in [0.25, 0.3) is 0 Å². The number of amides is 1. The van der Waals surface area contributed by atoms with Gasteiger partial charge in [0.15, 0.2) is 0 Å². The largest absolute Gasteiger partial charge is 0.449 e. The maximum absolute atomic E-state index is 12.3. The third-order valence-corrected chi connectivity index (χ3v) is 4.69. The zero-order chi connectivity index (χ0) is 16.7. The molecule has 1 aromatic rings. The zero-order valence-electron chi connectivity index (χ0n) is 14.1. The molecule has 4 nitrogen and oxygen atoms in total. The normalized spacial score (nSPS) is 21.0. The summed E-state index contributed by atoms with van der Waals surface area (Å²) in [5.74, 6) is 0.843. The van der Waals surface area contributed by atoms with Crippen molar-refractivity contribution in [2.75, 3.05) is 39.2 Å². The van der Waals surface area contributed by atoms with E-state index in [9.17, 15) is 4.79 Å². The molecule has 1 fully saturated rings. The van der Waals surface area contributed by atoms with Crippen molar-refractivity contribution in [3.05, 3.63) is 35.9 Å². The lowest BCUT2D eigenvalue weighted by molar-refractivity contribution is 0.107. The highest BCUT2D eigenvalue weighted by atomic mass is 35.5. The molecule has 0 bridgehead atoms. The van der Waals surface area contributed by atoms with Crippen LogP contribution in [0.3, 0.4) is 0 Å². The van der Waals surface area contributed by atoms with E-state index in [1.165, 1.54) is 5.56 Å². The maximum Gasteiger partial charge on any atom is 0.409 e.